The second kappa shape index (κ2) is 14.5. The fourth-order valence-electron chi connectivity index (χ4n) is 4.20. The molecule has 0 aliphatic heterocycles. The van der Waals surface area contributed by atoms with Gasteiger partial charge in [0.2, 0.25) is 17.7 Å². The Labute approximate surface area is 232 Å². The minimum absolute atomic E-state index is 0.0981. The average molecular weight is 538 g/mol. The maximum atomic E-state index is 13.5. The summed E-state index contributed by atoms with van der Waals surface area (Å²) in [5, 5.41) is 8.37. The standard InChI is InChI=1S/C31H43N3O5/c1-20(2)17-26(30(38)39-19-23-14-9-8-10-15-23)33-29(37)27(31(5,6)7)34-28(36)25(32-22(4)35)18-24-16-12-11-13-21(24)3/h8-16,20,25-27H,17-19H2,1-7H3,(H,32,35)(H,33,37)(H,34,36)/t25-,26-,27+/m0/s1. The predicted molar refractivity (Wildman–Crippen MR) is 151 cm³/mol. The summed E-state index contributed by atoms with van der Waals surface area (Å²) in [5.74, 6) is -1.74. The van der Waals surface area contributed by atoms with Crippen molar-refractivity contribution in [3.63, 3.8) is 0 Å². The maximum Gasteiger partial charge on any atom is 0.328 e. The fourth-order valence-corrected chi connectivity index (χ4v) is 4.20. The van der Waals surface area contributed by atoms with E-state index in [1.54, 1.807) is 0 Å². The van der Waals surface area contributed by atoms with Crippen molar-refractivity contribution in [1.82, 2.24) is 16.0 Å². The SMILES string of the molecule is CC(=O)N[C@@H](Cc1ccccc1C)C(=O)N[C@H](C(=O)N[C@@H](CC(C)C)C(=O)OCc1ccccc1)C(C)(C)C. The number of amides is 3. The minimum atomic E-state index is -0.963. The molecule has 0 aromatic heterocycles. The molecule has 0 spiro atoms. The van der Waals surface area contributed by atoms with Gasteiger partial charge in [-0.2, -0.15) is 0 Å². The largest absolute Gasteiger partial charge is 0.459 e. The van der Waals surface area contributed by atoms with E-state index in [0.717, 1.165) is 16.7 Å². The zero-order chi connectivity index (χ0) is 29.2. The lowest BCUT2D eigenvalue weighted by atomic mass is 9.85. The molecule has 2 aromatic rings. The lowest BCUT2D eigenvalue weighted by molar-refractivity contribution is -0.150. The molecular weight excluding hydrogens is 494 g/mol. The average Bonchev–Trinajstić information content (AvgIpc) is 2.85. The Morgan fingerprint density at radius 2 is 1.44 bits per heavy atom. The van der Waals surface area contributed by atoms with Gasteiger partial charge in [0.25, 0.3) is 0 Å². The first-order valence-electron chi connectivity index (χ1n) is 13.4. The summed E-state index contributed by atoms with van der Waals surface area (Å²) in [4.78, 5) is 51.8. The smallest absolute Gasteiger partial charge is 0.328 e. The topological polar surface area (TPSA) is 114 Å². The van der Waals surface area contributed by atoms with Crippen LogP contribution in [0.25, 0.3) is 0 Å². The van der Waals surface area contributed by atoms with E-state index in [-0.39, 0.29) is 24.9 Å². The van der Waals surface area contributed by atoms with Gasteiger partial charge in [-0.1, -0.05) is 89.2 Å². The van der Waals surface area contributed by atoms with Crippen molar-refractivity contribution >= 4 is 23.7 Å². The van der Waals surface area contributed by atoms with E-state index < -0.39 is 41.3 Å². The molecule has 0 aliphatic rings. The highest BCUT2D eigenvalue weighted by molar-refractivity contribution is 5.94. The molecule has 0 saturated heterocycles. The van der Waals surface area contributed by atoms with Crippen LogP contribution in [0.3, 0.4) is 0 Å². The molecule has 0 heterocycles. The third kappa shape index (κ3) is 10.5. The van der Waals surface area contributed by atoms with Crippen molar-refractivity contribution < 1.29 is 23.9 Å². The number of aryl methyl sites for hydroxylation is 1. The molecule has 2 rings (SSSR count). The maximum absolute atomic E-state index is 13.5. The Balaban J connectivity index is 2.19. The second-order valence-corrected chi connectivity index (χ2v) is 11.5. The normalized spacial score (nSPS) is 13.6. The second-order valence-electron chi connectivity index (χ2n) is 11.5. The first-order valence-corrected chi connectivity index (χ1v) is 13.4. The molecule has 3 N–H and O–H groups in total. The van der Waals surface area contributed by atoms with Gasteiger partial charge in [0.1, 0.15) is 24.7 Å². The van der Waals surface area contributed by atoms with Crippen LogP contribution in [-0.2, 0) is 36.9 Å². The minimum Gasteiger partial charge on any atom is -0.459 e. The molecule has 0 aliphatic carbocycles. The van der Waals surface area contributed by atoms with Crippen LogP contribution in [0.5, 0.6) is 0 Å². The van der Waals surface area contributed by atoms with Gasteiger partial charge in [0, 0.05) is 13.3 Å². The van der Waals surface area contributed by atoms with Crippen molar-refractivity contribution in [2.24, 2.45) is 11.3 Å². The molecule has 8 nitrogen and oxygen atoms in total. The van der Waals surface area contributed by atoms with E-state index >= 15 is 0 Å². The summed E-state index contributed by atoms with van der Waals surface area (Å²) in [6.45, 7) is 12.8. The highest BCUT2D eigenvalue weighted by Crippen LogP contribution is 2.21. The Kier molecular flexibility index (Phi) is 11.7. The number of rotatable bonds is 12. The summed E-state index contributed by atoms with van der Waals surface area (Å²) in [5.41, 5.74) is 2.08. The van der Waals surface area contributed by atoms with Crippen LogP contribution in [0.4, 0.5) is 0 Å². The van der Waals surface area contributed by atoms with Crippen LogP contribution in [0.1, 0.15) is 64.7 Å². The molecule has 0 fully saturated rings. The van der Waals surface area contributed by atoms with Gasteiger partial charge in [0.15, 0.2) is 0 Å². The van der Waals surface area contributed by atoms with Crippen LogP contribution in [0.15, 0.2) is 54.6 Å². The Hall–Kier alpha value is -3.68. The Bertz CT molecular complexity index is 1120. The highest BCUT2D eigenvalue weighted by Gasteiger charge is 2.37. The van der Waals surface area contributed by atoms with E-state index in [0.29, 0.717) is 6.42 Å². The fraction of sp³-hybridized carbons (Fsp3) is 0.484. The summed E-state index contributed by atoms with van der Waals surface area (Å²) in [6, 6.07) is 14.2. The van der Waals surface area contributed by atoms with E-state index in [4.69, 9.17) is 4.74 Å². The number of esters is 1. The zero-order valence-electron chi connectivity index (χ0n) is 24.2. The Morgan fingerprint density at radius 3 is 2.00 bits per heavy atom. The van der Waals surface area contributed by atoms with Gasteiger partial charge in [-0.25, -0.2) is 4.79 Å². The van der Waals surface area contributed by atoms with E-state index in [1.165, 1.54) is 6.92 Å². The van der Waals surface area contributed by atoms with Gasteiger partial charge in [0.05, 0.1) is 0 Å². The molecule has 39 heavy (non-hydrogen) atoms. The monoisotopic (exact) mass is 537 g/mol. The number of carbonyl (C=O) groups excluding carboxylic acids is 4. The van der Waals surface area contributed by atoms with Gasteiger partial charge >= 0.3 is 5.97 Å². The number of nitrogens with one attached hydrogen (secondary N) is 3. The number of ether oxygens (including phenoxy) is 1. The first kappa shape index (κ1) is 31.5. The molecule has 3 atom stereocenters. The van der Waals surface area contributed by atoms with Gasteiger partial charge < -0.3 is 20.7 Å². The summed E-state index contributed by atoms with van der Waals surface area (Å²) >= 11 is 0. The van der Waals surface area contributed by atoms with Crippen molar-refractivity contribution in [3.8, 4) is 0 Å². The number of hydrogen-bond acceptors (Lipinski definition) is 5. The van der Waals surface area contributed by atoms with E-state index in [1.807, 2.05) is 96.1 Å². The highest BCUT2D eigenvalue weighted by atomic mass is 16.5. The molecule has 3 amide bonds. The van der Waals surface area contributed by atoms with Gasteiger partial charge in [-0.05, 0) is 41.4 Å². The zero-order valence-corrected chi connectivity index (χ0v) is 24.2. The number of hydrogen-bond donors (Lipinski definition) is 3. The summed E-state index contributed by atoms with van der Waals surface area (Å²) in [7, 11) is 0. The molecule has 0 saturated carbocycles. The predicted octanol–water partition coefficient (Wildman–Crippen LogP) is 3.85. The van der Waals surface area contributed by atoms with Gasteiger partial charge in [-0.3, -0.25) is 14.4 Å². The quantitative estimate of drug-likeness (QED) is 0.356. The molecule has 8 heteroatoms. The van der Waals surface area contributed by atoms with Crippen molar-refractivity contribution in [2.75, 3.05) is 0 Å². The number of carbonyl (C=O) groups is 4. The summed E-state index contributed by atoms with van der Waals surface area (Å²) < 4.78 is 5.51. The molecule has 212 valence electrons. The van der Waals surface area contributed by atoms with Crippen LogP contribution in [-0.4, -0.2) is 41.8 Å². The molecular formula is C31H43N3O5. The van der Waals surface area contributed by atoms with Crippen molar-refractivity contribution in [1.29, 1.82) is 0 Å². The first-order chi connectivity index (χ1) is 18.3. The number of benzene rings is 2. The van der Waals surface area contributed by atoms with Crippen LogP contribution < -0.4 is 16.0 Å². The molecule has 2 aromatic carbocycles. The molecule has 0 bridgehead atoms. The van der Waals surface area contributed by atoms with Crippen LogP contribution >= 0.6 is 0 Å². The Morgan fingerprint density at radius 1 is 0.821 bits per heavy atom. The van der Waals surface area contributed by atoms with Gasteiger partial charge in [-0.15, -0.1) is 0 Å². The van der Waals surface area contributed by atoms with Crippen LogP contribution in [0, 0.1) is 18.3 Å². The van der Waals surface area contributed by atoms with Crippen molar-refractivity contribution in [3.05, 3.63) is 71.3 Å². The molecule has 0 unspecified atom stereocenters. The van der Waals surface area contributed by atoms with E-state index in [2.05, 4.69) is 16.0 Å². The lowest BCUT2D eigenvalue weighted by Crippen LogP contribution is -2.60. The summed E-state index contributed by atoms with van der Waals surface area (Å²) in [6.07, 6.45) is 0.657. The molecule has 0 radical (unpaired) electrons. The third-order valence-electron chi connectivity index (χ3n) is 6.33. The van der Waals surface area contributed by atoms with E-state index in [9.17, 15) is 19.2 Å². The van der Waals surface area contributed by atoms with Crippen LogP contribution in [0.2, 0.25) is 0 Å². The third-order valence-corrected chi connectivity index (χ3v) is 6.33. The van der Waals surface area contributed by atoms with Crippen molar-refractivity contribution in [2.45, 2.75) is 86.0 Å². The lowest BCUT2D eigenvalue weighted by Gasteiger charge is -2.33.